The Kier molecular flexibility index (Phi) is 8.79. The number of unbranched alkanes of at least 4 members (excludes halogenated alkanes) is 2. The van der Waals surface area contributed by atoms with E-state index < -0.39 is 0 Å². The Morgan fingerprint density at radius 2 is 1.71 bits per heavy atom. The minimum atomic E-state index is 0.483. The van der Waals surface area contributed by atoms with Crippen molar-refractivity contribution in [2.24, 2.45) is 0 Å². The van der Waals surface area contributed by atoms with E-state index in [1.165, 1.54) is 36.9 Å². The molecule has 0 aliphatic heterocycles. The van der Waals surface area contributed by atoms with Gasteiger partial charge in [-0.2, -0.15) is 0 Å². The molecule has 120 valence electrons. The predicted octanol–water partition coefficient (Wildman–Crippen LogP) is 5.24. The Hall–Kier alpha value is -0.730. The first-order valence-electron chi connectivity index (χ1n) is 8.35. The van der Waals surface area contributed by atoms with Crippen LogP contribution in [0.2, 0.25) is 5.02 Å². The summed E-state index contributed by atoms with van der Waals surface area (Å²) in [7, 11) is 0. The van der Waals surface area contributed by atoms with Crippen molar-refractivity contribution in [3.63, 3.8) is 0 Å². The Bertz CT molecular complexity index is 396. The summed E-state index contributed by atoms with van der Waals surface area (Å²) in [4.78, 5) is 2.48. The second-order valence-corrected chi connectivity index (χ2v) is 6.38. The van der Waals surface area contributed by atoms with Gasteiger partial charge >= 0.3 is 0 Å². The number of benzene rings is 1. The zero-order valence-corrected chi connectivity index (χ0v) is 14.8. The van der Waals surface area contributed by atoms with E-state index in [-0.39, 0.29) is 0 Å². The van der Waals surface area contributed by atoms with Gasteiger partial charge in [0.25, 0.3) is 0 Å². The van der Waals surface area contributed by atoms with Crippen molar-refractivity contribution in [3.05, 3.63) is 28.8 Å². The molecule has 0 bridgehead atoms. The summed E-state index contributed by atoms with van der Waals surface area (Å²) in [6, 6.07) is 6.75. The molecule has 0 saturated heterocycles. The van der Waals surface area contributed by atoms with Crippen molar-refractivity contribution in [1.82, 2.24) is 5.32 Å². The normalized spacial score (nSPS) is 11.1. The molecule has 0 atom stereocenters. The van der Waals surface area contributed by atoms with Gasteiger partial charge in [0.05, 0.1) is 10.7 Å². The lowest BCUT2D eigenvalue weighted by Crippen LogP contribution is -2.29. The number of rotatable bonds is 10. The van der Waals surface area contributed by atoms with E-state index in [1.807, 2.05) is 6.07 Å². The molecule has 0 aromatic heterocycles. The molecule has 1 rings (SSSR count). The molecule has 0 saturated carbocycles. The Labute approximate surface area is 135 Å². The van der Waals surface area contributed by atoms with Crippen LogP contribution in [0, 0.1) is 0 Å². The van der Waals surface area contributed by atoms with Crippen LogP contribution < -0.4 is 10.2 Å². The first-order chi connectivity index (χ1) is 10.1. The van der Waals surface area contributed by atoms with Crippen LogP contribution in [0.5, 0.6) is 0 Å². The first-order valence-corrected chi connectivity index (χ1v) is 8.73. The molecule has 0 unspecified atom stereocenters. The van der Waals surface area contributed by atoms with Crippen LogP contribution in [-0.4, -0.2) is 19.1 Å². The molecule has 0 fully saturated rings. The quantitative estimate of drug-likeness (QED) is 0.635. The fourth-order valence-electron chi connectivity index (χ4n) is 2.40. The largest absolute Gasteiger partial charge is 0.370 e. The van der Waals surface area contributed by atoms with Crippen molar-refractivity contribution in [2.45, 2.75) is 66.0 Å². The minimum Gasteiger partial charge on any atom is -0.370 e. The molecule has 1 N–H and O–H groups in total. The molecule has 2 nitrogen and oxygen atoms in total. The highest BCUT2D eigenvalue weighted by molar-refractivity contribution is 6.33. The number of para-hydroxylation sites is 1. The number of nitrogens with one attached hydrogen (secondary N) is 1. The highest BCUT2D eigenvalue weighted by Crippen LogP contribution is 2.30. The lowest BCUT2D eigenvalue weighted by molar-refractivity contribution is 0.586. The van der Waals surface area contributed by atoms with Gasteiger partial charge < -0.3 is 10.2 Å². The first kappa shape index (κ1) is 18.3. The molecule has 0 amide bonds. The molecule has 0 spiro atoms. The van der Waals surface area contributed by atoms with Gasteiger partial charge in [-0.15, -0.1) is 0 Å². The molecule has 1 aromatic carbocycles. The zero-order valence-electron chi connectivity index (χ0n) is 14.1. The van der Waals surface area contributed by atoms with Crippen LogP contribution in [0.25, 0.3) is 0 Å². The van der Waals surface area contributed by atoms with E-state index in [0.717, 1.165) is 24.7 Å². The molecule has 1 aromatic rings. The Morgan fingerprint density at radius 3 is 2.24 bits per heavy atom. The third kappa shape index (κ3) is 6.27. The summed E-state index contributed by atoms with van der Waals surface area (Å²) in [5.74, 6) is 0. The van der Waals surface area contributed by atoms with Crippen LogP contribution in [0.4, 0.5) is 5.69 Å². The van der Waals surface area contributed by atoms with Gasteiger partial charge in [0, 0.05) is 25.7 Å². The topological polar surface area (TPSA) is 15.3 Å². The lowest BCUT2D eigenvalue weighted by Gasteiger charge is -2.28. The van der Waals surface area contributed by atoms with Crippen molar-refractivity contribution >= 4 is 17.3 Å². The smallest absolute Gasteiger partial charge is 0.0642 e. The maximum absolute atomic E-state index is 6.53. The average Bonchev–Trinajstić information content (AvgIpc) is 2.46. The van der Waals surface area contributed by atoms with Crippen LogP contribution in [0.3, 0.4) is 0 Å². The van der Waals surface area contributed by atoms with E-state index in [1.54, 1.807) is 0 Å². The van der Waals surface area contributed by atoms with Crippen LogP contribution in [0.1, 0.15) is 58.9 Å². The Morgan fingerprint density at radius 1 is 1.10 bits per heavy atom. The summed E-state index contributed by atoms with van der Waals surface area (Å²) in [5, 5.41) is 4.39. The van der Waals surface area contributed by atoms with Crippen LogP contribution in [0.15, 0.2) is 18.2 Å². The second kappa shape index (κ2) is 10.1. The third-order valence-corrected chi connectivity index (χ3v) is 3.96. The zero-order chi connectivity index (χ0) is 15.7. The number of hydrogen-bond acceptors (Lipinski definition) is 2. The van der Waals surface area contributed by atoms with E-state index >= 15 is 0 Å². The molecule has 21 heavy (non-hydrogen) atoms. The van der Waals surface area contributed by atoms with Gasteiger partial charge in [-0.3, -0.25) is 0 Å². The van der Waals surface area contributed by atoms with Crippen molar-refractivity contribution in [3.8, 4) is 0 Å². The molecule has 3 heteroatoms. The summed E-state index contributed by atoms with van der Waals surface area (Å²) in [5.41, 5.74) is 2.54. The van der Waals surface area contributed by atoms with Crippen LogP contribution in [-0.2, 0) is 6.54 Å². The van der Waals surface area contributed by atoms with E-state index in [4.69, 9.17) is 11.6 Å². The van der Waals surface area contributed by atoms with E-state index in [2.05, 4.69) is 50.0 Å². The molecular formula is C18H31ClN2. The predicted molar refractivity (Wildman–Crippen MR) is 95.5 cm³/mol. The van der Waals surface area contributed by atoms with E-state index in [0.29, 0.717) is 6.04 Å². The molecule has 0 aliphatic carbocycles. The average molecular weight is 311 g/mol. The SMILES string of the molecule is CCCCN(CCCC)c1c(Cl)cccc1CNC(C)C. The summed E-state index contributed by atoms with van der Waals surface area (Å²) >= 11 is 6.53. The number of halogens is 1. The maximum Gasteiger partial charge on any atom is 0.0642 e. The van der Waals surface area contributed by atoms with Gasteiger partial charge in [0.15, 0.2) is 0 Å². The van der Waals surface area contributed by atoms with Gasteiger partial charge in [-0.25, -0.2) is 0 Å². The summed E-state index contributed by atoms with van der Waals surface area (Å²) < 4.78 is 0. The summed E-state index contributed by atoms with van der Waals surface area (Å²) in [6.07, 6.45) is 4.86. The lowest BCUT2D eigenvalue weighted by atomic mass is 10.1. The molecule has 0 aliphatic rings. The molecule has 0 radical (unpaired) electrons. The van der Waals surface area contributed by atoms with Crippen molar-refractivity contribution in [1.29, 1.82) is 0 Å². The summed E-state index contributed by atoms with van der Waals surface area (Å²) in [6.45, 7) is 11.9. The van der Waals surface area contributed by atoms with Gasteiger partial charge in [-0.05, 0) is 24.5 Å². The van der Waals surface area contributed by atoms with Gasteiger partial charge in [0.2, 0.25) is 0 Å². The second-order valence-electron chi connectivity index (χ2n) is 5.98. The van der Waals surface area contributed by atoms with Crippen LogP contribution >= 0.6 is 11.6 Å². The van der Waals surface area contributed by atoms with Gasteiger partial charge in [-0.1, -0.05) is 64.3 Å². The fraction of sp³-hybridized carbons (Fsp3) is 0.667. The number of nitrogens with zero attached hydrogens (tertiary/aromatic N) is 1. The van der Waals surface area contributed by atoms with Crippen molar-refractivity contribution in [2.75, 3.05) is 18.0 Å². The maximum atomic E-state index is 6.53. The number of hydrogen-bond donors (Lipinski definition) is 1. The van der Waals surface area contributed by atoms with E-state index in [9.17, 15) is 0 Å². The standard InChI is InChI=1S/C18H31ClN2/c1-5-7-12-21(13-8-6-2)18-16(14-20-15(3)4)10-9-11-17(18)19/h9-11,15,20H,5-8,12-14H2,1-4H3. The highest BCUT2D eigenvalue weighted by atomic mass is 35.5. The monoisotopic (exact) mass is 310 g/mol. The minimum absolute atomic E-state index is 0.483. The number of anilines is 1. The fourth-order valence-corrected chi connectivity index (χ4v) is 2.72. The Balaban J connectivity index is 2.96. The van der Waals surface area contributed by atoms with Gasteiger partial charge in [0.1, 0.15) is 0 Å². The van der Waals surface area contributed by atoms with Crippen molar-refractivity contribution < 1.29 is 0 Å². The molecular weight excluding hydrogens is 280 g/mol. The molecule has 0 heterocycles. The third-order valence-electron chi connectivity index (χ3n) is 3.65. The highest BCUT2D eigenvalue weighted by Gasteiger charge is 2.14.